The van der Waals surface area contributed by atoms with Crippen LogP contribution in [0.4, 0.5) is 11.4 Å². The Morgan fingerprint density at radius 3 is 2.72 bits per heavy atom. The quantitative estimate of drug-likeness (QED) is 0.851. The number of anilines is 2. The van der Waals surface area contributed by atoms with Gasteiger partial charge in [-0.2, -0.15) is 0 Å². The minimum Gasteiger partial charge on any atom is -0.490 e. The highest BCUT2D eigenvalue weighted by Crippen LogP contribution is 2.35. The lowest BCUT2D eigenvalue weighted by molar-refractivity contribution is -0.124. The Kier molecular flexibility index (Phi) is 4.51. The molecule has 0 saturated carbocycles. The number of hydrogen-bond donors (Lipinski definition) is 2. The first-order valence-corrected chi connectivity index (χ1v) is 10.2. The Bertz CT molecular complexity index is 916. The van der Waals surface area contributed by atoms with Gasteiger partial charge in [-0.3, -0.25) is 9.52 Å². The van der Waals surface area contributed by atoms with Gasteiger partial charge in [0, 0.05) is 4.88 Å². The summed E-state index contributed by atoms with van der Waals surface area (Å²) < 4.78 is 33.5. The van der Waals surface area contributed by atoms with Crippen molar-refractivity contribution in [2.45, 2.75) is 31.4 Å². The number of aryl methyl sites for hydroxylation is 1. The largest absolute Gasteiger partial charge is 0.490 e. The average Bonchev–Trinajstić information content (AvgIpc) is 3.00. The van der Waals surface area contributed by atoms with Crippen molar-refractivity contribution in [1.29, 1.82) is 0 Å². The molecule has 6 nitrogen and oxygen atoms in total. The summed E-state index contributed by atoms with van der Waals surface area (Å²) in [7, 11) is -3.66. The van der Waals surface area contributed by atoms with Gasteiger partial charge in [0.1, 0.15) is 16.6 Å². The fraction of sp³-hybridized carbons (Fsp3) is 0.353. The van der Waals surface area contributed by atoms with Crippen LogP contribution in [0.15, 0.2) is 34.5 Å². The molecule has 0 unspecified atom stereocenters. The molecule has 1 aromatic carbocycles. The maximum absolute atomic E-state index is 12.5. The first kappa shape index (κ1) is 17.8. The predicted molar refractivity (Wildman–Crippen MR) is 98.9 cm³/mol. The SMILES string of the molecule is CCc1ccc(S(=O)(=O)Nc2ccc3c(c2)NC(=O)C(C)(C)CO3)s1. The predicted octanol–water partition coefficient (Wildman–Crippen LogP) is 3.47. The number of amides is 1. The molecule has 25 heavy (non-hydrogen) atoms. The second-order valence-corrected chi connectivity index (χ2v) is 9.59. The van der Waals surface area contributed by atoms with Crippen molar-refractivity contribution < 1.29 is 17.9 Å². The van der Waals surface area contributed by atoms with Gasteiger partial charge in [0.25, 0.3) is 10.0 Å². The Hall–Kier alpha value is -2.06. The molecule has 1 amide bonds. The van der Waals surface area contributed by atoms with E-state index in [1.54, 1.807) is 38.1 Å². The zero-order valence-corrected chi connectivity index (χ0v) is 15.9. The molecular formula is C17H20N2O4S2. The van der Waals surface area contributed by atoms with Crippen LogP contribution in [0.1, 0.15) is 25.6 Å². The molecule has 8 heteroatoms. The molecule has 0 spiro atoms. The molecule has 0 aliphatic carbocycles. The summed E-state index contributed by atoms with van der Waals surface area (Å²) in [4.78, 5) is 13.2. The zero-order chi connectivity index (χ0) is 18.2. The molecular weight excluding hydrogens is 360 g/mol. The number of thiophene rings is 1. The highest BCUT2D eigenvalue weighted by molar-refractivity contribution is 7.94. The van der Waals surface area contributed by atoms with Gasteiger partial charge >= 0.3 is 0 Å². The second kappa shape index (κ2) is 6.34. The molecule has 0 fully saturated rings. The van der Waals surface area contributed by atoms with Crippen molar-refractivity contribution in [3.05, 3.63) is 35.2 Å². The first-order valence-electron chi connectivity index (χ1n) is 7.91. The molecule has 2 heterocycles. The van der Waals surface area contributed by atoms with E-state index in [0.29, 0.717) is 17.1 Å². The van der Waals surface area contributed by atoms with Crippen molar-refractivity contribution in [2.24, 2.45) is 5.41 Å². The van der Waals surface area contributed by atoms with E-state index in [9.17, 15) is 13.2 Å². The van der Waals surface area contributed by atoms with Gasteiger partial charge in [-0.05, 0) is 50.6 Å². The van der Waals surface area contributed by atoms with E-state index < -0.39 is 15.4 Å². The summed E-state index contributed by atoms with van der Waals surface area (Å²) in [5.41, 5.74) is 0.164. The number of ether oxygens (including phenoxy) is 1. The molecule has 2 N–H and O–H groups in total. The van der Waals surface area contributed by atoms with Gasteiger partial charge in [0.2, 0.25) is 5.91 Å². The van der Waals surface area contributed by atoms with E-state index >= 15 is 0 Å². The number of rotatable bonds is 4. The van der Waals surface area contributed by atoms with E-state index in [2.05, 4.69) is 10.0 Å². The molecule has 134 valence electrons. The van der Waals surface area contributed by atoms with Crippen LogP contribution in [-0.2, 0) is 21.2 Å². The molecule has 1 aliphatic rings. The zero-order valence-electron chi connectivity index (χ0n) is 14.3. The van der Waals surface area contributed by atoms with Crippen LogP contribution in [0, 0.1) is 5.41 Å². The van der Waals surface area contributed by atoms with Crippen LogP contribution in [0.3, 0.4) is 0 Å². The summed E-state index contributed by atoms with van der Waals surface area (Å²) >= 11 is 1.25. The van der Waals surface area contributed by atoms with Crippen LogP contribution in [0.2, 0.25) is 0 Å². The van der Waals surface area contributed by atoms with Crippen molar-refractivity contribution >= 4 is 38.6 Å². The standard InChI is InChI=1S/C17H20N2O4S2/c1-4-12-6-8-15(24-12)25(21,22)19-11-5-7-14-13(9-11)18-16(20)17(2,3)10-23-14/h5-9,19H,4,10H2,1-3H3,(H,18,20). The van der Waals surface area contributed by atoms with E-state index in [1.807, 2.05) is 13.0 Å². The number of carbonyl (C=O) groups is 1. The number of fused-ring (bicyclic) bond motifs is 1. The summed E-state index contributed by atoms with van der Waals surface area (Å²) in [6.07, 6.45) is 0.790. The monoisotopic (exact) mass is 380 g/mol. The lowest BCUT2D eigenvalue weighted by Crippen LogP contribution is -2.33. The lowest BCUT2D eigenvalue weighted by Gasteiger charge is -2.18. The van der Waals surface area contributed by atoms with Gasteiger partial charge in [0.05, 0.1) is 16.8 Å². The Balaban J connectivity index is 1.87. The smallest absolute Gasteiger partial charge is 0.271 e. The summed E-state index contributed by atoms with van der Waals surface area (Å²) in [6.45, 7) is 5.82. The van der Waals surface area contributed by atoms with Crippen LogP contribution in [0.5, 0.6) is 5.75 Å². The Morgan fingerprint density at radius 2 is 2.04 bits per heavy atom. The molecule has 0 radical (unpaired) electrons. The fourth-order valence-electron chi connectivity index (χ4n) is 2.33. The molecule has 0 atom stereocenters. The average molecular weight is 380 g/mol. The van der Waals surface area contributed by atoms with Gasteiger partial charge < -0.3 is 10.1 Å². The summed E-state index contributed by atoms with van der Waals surface area (Å²) in [6, 6.07) is 8.26. The third kappa shape index (κ3) is 3.64. The highest BCUT2D eigenvalue weighted by Gasteiger charge is 2.32. The topological polar surface area (TPSA) is 84.5 Å². The van der Waals surface area contributed by atoms with Gasteiger partial charge in [-0.15, -0.1) is 11.3 Å². The van der Waals surface area contributed by atoms with Crippen LogP contribution >= 0.6 is 11.3 Å². The molecule has 0 bridgehead atoms. The number of benzene rings is 1. The highest BCUT2D eigenvalue weighted by atomic mass is 32.2. The lowest BCUT2D eigenvalue weighted by atomic mass is 9.94. The molecule has 3 rings (SSSR count). The van der Waals surface area contributed by atoms with Gasteiger partial charge in [-0.1, -0.05) is 6.92 Å². The summed E-state index contributed by atoms with van der Waals surface area (Å²) in [5.74, 6) is 0.350. The first-order chi connectivity index (χ1) is 11.7. The minimum atomic E-state index is -3.66. The number of carbonyl (C=O) groups excluding carboxylic acids is 1. The van der Waals surface area contributed by atoms with Crippen molar-refractivity contribution in [1.82, 2.24) is 0 Å². The van der Waals surface area contributed by atoms with Crippen molar-refractivity contribution in [3.63, 3.8) is 0 Å². The van der Waals surface area contributed by atoms with E-state index in [0.717, 1.165) is 11.3 Å². The molecule has 1 aliphatic heterocycles. The molecule has 0 saturated heterocycles. The number of sulfonamides is 1. The van der Waals surface area contributed by atoms with E-state index in [1.165, 1.54) is 11.3 Å². The van der Waals surface area contributed by atoms with Crippen LogP contribution in [0.25, 0.3) is 0 Å². The third-order valence-electron chi connectivity index (χ3n) is 3.93. The van der Waals surface area contributed by atoms with Gasteiger partial charge in [-0.25, -0.2) is 8.42 Å². The number of hydrogen-bond acceptors (Lipinski definition) is 5. The van der Waals surface area contributed by atoms with E-state index in [4.69, 9.17) is 4.74 Å². The number of nitrogens with one attached hydrogen (secondary N) is 2. The molecule has 2 aromatic rings. The van der Waals surface area contributed by atoms with Crippen LogP contribution < -0.4 is 14.8 Å². The Labute approximate surface area is 151 Å². The fourth-order valence-corrected chi connectivity index (χ4v) is 4.68. The van der Waals surface area contributed by atoms with Crippen molar-refractivity contribution in [2.75, 3.05) is 16.6 Å². The maximum Gasteiger partial charge on any atom is 0.271 e. The van der Waals surface area contributed by atoms with Gasteiger partial charge in [0.15, 0.2) is 0 Å². The van der Waals surface area contributed by atoms with E-state index in [-0.39, 0.29) is 16.7 Å². The second-order valence-electron chi connectivity index (χ2n) is 6.52. The third-order valence-corrected chi connectivity index (χ3v) is 7.04. The minimum absolute atomic E-state index is 0.169. The maximum atomic E-state index is 12.5. The summed E-state index contributed by atoms with van der Waals surface area (Å²) in [5, 5.41) is 2.80. The Morgan fingerprint density at radius 1 is 1.28 bits per heavy atom. The molecule has 1 aromatic heterocycles. The van der Waals surface area contributed by atoms with Crippen LogP contribution in [-0.4, -0.2) is 20.9 Å². The normalized spacial score (nSPS) is 16.4. The van der Waals surface area contributed by atoms with Crippen molar-refractivity contribution in [3.8, 4) is 5.75 Å².